The minimum Gasteiger partial charge on any atom is -0.545 e. The van der Waals surface area contributed by atoms with Crippen LogP contribution in [0.3, 0.4) is 0 Å². The van der Waals surface area contributed by atoms with Crippen molar-refractivity contribution in [2.24, 2.45) is 0 Å². The molecular weight excluding hydrogens is 441 g/mol. The van der Waals surface area contributed by atoms with E-state index in [2.05, 4.69) is 20.9 Å². The standard InChI is InChI=1S/C19H16BrNO5.K/c1-24-16-6-10(7-17(25-2)18(16)26-3)15-9-13(19(22)23)12-8-11(20)4-5-14(12)21-15;/h4-9H,1-3H3,(H,22,23);/q;+1/p-1. The molecule has 0 aliphatic carbocycles. The number of carboxylic acids is 1. The number of halogens is 1. The maximum atomic E-state index is 11.6. The first kappa shape index (κ1) is 22.1. The van der Waals surface area contributed by atoms with E-state index in [1.807, 2.05) is 0 Å². The number of fused-ring (bicyclic) bond motifs is 1. The van der Waals surface area contributed by atoms with Gasteiger partial charge in [-0.05, 0) is 36.4 Å². The molecule has 2 aromatic carbocycles. The van der Waals surface area contributed by atoms with Gasteiger partial charge in [0.15, 0.2) is 11.5 Å². The Kier molecular flexibility index (Phi) is 7.67. The summed E-state index contributed by atoms with van der Waals surface area (Å²) >= 11 is 3.34. The van der Waals surface area contributed by atoms with E-state index in [1.54, 1.807) is 30.3 Å². The second-order valence-electron chi connectivity index (χ2n) is 5.42. The van der Waals surface area contributed by atoms with Crippen LogP contribution in [0.5, 0.6) is 17.2 Å². The normalized spacial score (nSPS) is 10.2. The first-order chi connectivity index (χ1) is 12.5. The van der Waals surface area contributed by atoms with Crippen molar-refractivity contribution in [3.63, 3.8) is 0 Å². The third kappa shape index (κ3) is 4.47. The van der Waals surface area contributed by atoms with Crippen LogP contribution in [0, 0.1) is 0 Å². The van der Waals surface area contributed by atoms with Gasteiger partial charge in [0, 0.05) is 21.0 Å². The maximum Gasteiger partial charge on any atom is 1.00 e. The average molecular weight is 456 g/mol. The van der Waals surface area contributed by atoms with Crippen LogP contribution in [-0.4, -0.2) is 32.3 Å². The number of methoxy groups -OCH3 is 3. The van der Waals surface area contributed by atoms with Gasteiger partial charge in [0.25, 0.3) is 0 Å². The van der Waals surface area contributed by atoms with Gasteiger partial charge in [-0.2, -0.15) is 0 Å². The molecule has 1 heterocycles. The zero-order chi connectivity index (χ0) is 18.8. The summed E-state index contributed by atoms with van der Waals surface area (Å²) < 4.78 is 16.8. The van der Waals surface area contributed by atoms with Gasteiger partial charge in [-0.25, -0.2) is 4.98 Å². The van der Waals surface area contributed by atoms with Crippen molar-refractivity contribution >= 4 is 32.8 Å². The number of aromatic carboxylic acids is 1. The summed E-state index contributed by atoms with van der Waals surface area (Å²) in [5.74, 6) is 0.0805. The number of carbonyl (C=O) groups excluding carboxylic acids is 1. The molecule has 0 aliphatic rings. The molecule has 0 saturated carbocycles. The molecule has 0 amide bonds. The van der Waals surface area contributed by atoms with E-state index >= 15 is 0 Å². The number of rotatable bonds is 5. The number of ether oxygens (including phenoxy) is 3. The molecule has 1 aromatic heterocycles. The molecule has 0 radical (unpaired) electrons. The van der Waals surface area contributed by atoms with E-state index in [0.29, 0.717) is 39.4 Å². The topological polar surface area (TPSA) is 80.7 Å². The first-order valence-electron chi connectivity index (χ1n) is 7.60. The number of pyridine rings is 1. The van der Waals surface area contributed by atoms with Gasteiger partial charge in [-0.3, -0.25) is 0 Å². The molecular formula is C19H15BrKNO5. The van der Waals surface area contributed by atoms with Gasteiger partial charge < -0.3 is 24.1 Å². The van der Waals surface area contributed by atoms with Crippen LogP contribution in [0.2, 0.25) is 0 Å². The van der Waals surface area contributed by atoms with E-state index < -0.39 is 5.97 Å². The summed E-state index contributed by atoms with van der Waals surface area (Å²) in [4.78, 5) is 16.2. The van der Waals surface area contributed by atoms with Crippen molar-refractivity contribution in [3.05, 3.63) is 46.4 Å². The quantitative estimate of drug-likeness (QED) is 0.506. The predicted octanol–water partition coefficient (Wildman–Crippen LogP) is 0.0576. The van der Waals surface area contributed by atoms with Crippen LogP contribution in [0.15, 0.2) is 40.9 Å². The molecule has 0 saturated heterocycles. The van der Waals surface area contributed by atoms with Crippen molar-refractivity contribution in [2.45, 2.75) is 0 Å². The largest absolute Gasteiger partial charge is 1.00 e. The number of benzene rings is 2. The van der Waals surface area contributed by atoms with Crippen LogP contribution >= 0.6 is 15.9 Å². The van der Waals surface area contributed by atoms with Gasteiger partial charge in [-0.1, -0.05) is 15.9 Å². The van der Waals surface area contributed by atoms with Crippen molar-refractivity contribution in [2.75, 3.05) is 21.3 Å². The van der Waals surface area contributed by atoms with E-state index in [-0.39, 0.29) is 56.9 Å². The molecule has 3 rings (SSSR count). The summed E-state index contributed by atoms with van der Waals surface area (Å²) in [6.45, 7) is 0. The zero-order valence-electron chi connectivity index (χ0n) is 15.3. The molecule has 3 aromatic rings. The molecule has 0 fully saturated rings. The second-order valence-corrected chi connectivity index (χ2v) is 6.33. The molecule has 134 valence electrons. The monoisotopic (exact) mass is 455 g/mol. The van der Waals surface area contributed by atoms with E-state index in [0.717, 1.165) is 4.47 Å². The molecule has 0 bridgehead atoms. The van der Waals surface area contributed by atoms with Crippen molar-refractivity contribution in [1.29, 1.82) is 0 Å². The Hall–Kier alpha value is -1.16. The second kappa shape index (κ2) is 9.36. The summed E-state index contributed by atoms with van der Waals surface area (Å²) in [7, 11) is 4.54. The Morgan fingerprint density at radius 1 is 1.00 bits per heavy atom. The molecule has 0 aliphatic heterocycles. The van der Waals surface area contributed by atoms with Crippen molar-refractivity contribution in [1.82, 2.24) is 4.98 Å². The first-order valence-corrected chi connectivity index (χ1v) is 8.39. The molecule has 6 nitrogen and oxygen atoms in total. The zero-order valence-corrected chi connectivity index (χ0v) is 20.0. The van der Waals surface area contributed by atoms with Crippen LogP contribution in [0.1, 0.15) is 10.4 Å². The molecule has 0 unspecified atom stereocenters. The molecule has 0 atom stereocenters. The Morgan fingerprint density at radius 2 is 1.63 bits per heavy atom. The minimum absolute atomic E-state index is 0. The Morgan fingerprint density at radius 3 is 2.15 bits per heavy atom. The minimum atomic E-state index is -1.27. The number of nitrogens with zero attached hydrogens (tertiary/aromatic N) is 1. The van der Waals surface area contributed by atoms with E-state index in [9.17, 15) is 9.90 Å². The molecule has 0 spiro atoms. The maximum absolute atomic E-state index is 11.6. The molecule has 0 N–H and O–H groups in total. The fourth-order valence-electron chi connectivity index (χ4n) is 2.74. The fraction of sp³-hybridized carbons (Fsp3) is 0.158. The van der Waals surface area contributed by atoms with Crippen molar-refractivity contribution < 1.29 is 75.5 Å². The van der Waals surface area contributed by atoms with Gasteiger partial charge in [0.1, 0.15) is 0 Å². The molecule has 8 heteroatoms. The van der Waals surface area contributed by atoms with Crippen molar-refractivity contribution in [3.8, 4) is 28.5 Å². The SMILES string of the molecule is COc1cc(-c2cc(C(=O)[O-])c3cc(Br)ccc3n2)cc(OC)c1OC.[K+]. The summed E-state index contributed by atoms with van der Waals surface area (Å²) in [5.41, 5.74) is 1.68. The van der Waals surface area contributed by atoms with E-state index in [4.69, 9.17) is 14.2 Å². The summed E-state index contributed by atoms with van der Waals surface area (Å²) in [6, 6.07) is 10.2. The third-order valence-corrected chi connectivity index (χ3v) is 4.44. The molecule has 27 heavy (non-hydrogen) atoms. The number of carboxylic acid groups (broad SMARTS) is 1. The summed E-state index contributed by atoms with van der Waals surface area (Å²) in [6.07, 6.45) is 0. The van der Waals surface area contributed by atoms with Crippen LogP contribution in [0.25, 0.3) is 22.2 Å². The summed E-state index contributed by atoms with van der Waals surface area (Å²) in [5, 5.41) is 12.1. The van der Waals surface area contributed by atoms with Crippen LogP contribution in [0.4, 0.5) is 0 Å². The number of hydrogen-bond donors (Lipinski definition) is 0. The van der Waals surface area contributed by atoms with Gasteiger partial charge in [0.05, 0.1) is 38.5 Å². The third-order valence-electron chi connectivity index (χ3n) is 3.95. The Balaban J connectivity index is 0.00000261. The number of hydrogen-bond acceptors (Lipinski definition) is 6. The predicted molar refractivity (Wildman–Crippen MR) is 98.9 cm³/mol. The average Bonchev–Trinajstić information content (AvgIpc) is 2.65. The van der Waals surface area contributed by atoms with Gasteiger partial charge in [0.2, 0.25) is 5.75 Å². The van der Waals surface area contributed by atoms with Crippen LogP contribution < -0.4 is 70.7 Å². The fourth-order valence-corrected chi connectivity index (χ4v) is 3.10. The number of carbonyl (C=O) groups is 1. The Bertz CT molecular complexity index is 984. The van der Waals surface area contributed by atoms with E-state index in [1.165, 1.54) is 27.4 Å². The van der Waals surface area contributed by atoms with Gasteiger partial charge in [-0.15, -0.1) is 0 Å². The Labute approximate surface area is 207 Å². The smallest absolute Gasteiger partial charge is 0.545 e. The van der Waals surface area contributed by atoms with Gasteiger partial charge >= 0.3 is 51.4 Å². The van der Waals surface area contributed by atoms with Crippen LogP contribution in [-0.2, 0) is 0 Å². The number of aromatic nitrogens is 1.